The van der Waals surface area contributed by atoms with Crippen molar-refractivity contribution in [1.82, 2.24) is 9.80 Å². The predicted molar refractivity (Wildman–Crippen MR) is 55.0 cm³/mol. The fraction of sp³-hybridized carbons (Fsp3) is 0.600. The molecule has 1 saturated heterocycles. The highest BCUT2D eigenvalue weighted by atomic mass is 16.5. The van der Waals surface area contributed by atoms with Crippen LogP contribution in [0.5, 0.6) is 0 Å². The first-order valence-corrected chi connectivity index (χ1v) is 4.90. The lowest BCUT2D eigenvalue weighted by Crippen LogP contribution is -2.48. The molecule has 0 aliphatic carbocycles. The van der Waals surface area contributed by atoms with E-state index >= 15 is 0 Å². The summed E-state index contributed by atoms with van der Waals surface area (Å²) in [6.45, 7) is 8.02. The smallest absolute Gasteiger partial charge is 0.331 e. The van der Waals surface area contributed by atoms with Crippen molar-refractivity contribution in [2.24, 2.45) is 0 Å². The second kappa shape index (κ2) is 5.50. The van der Waals surface area contributed by atoms with E-state index in [0.29, 0.717) is 13.1 Å². The van der Waals surface area contributed by atoms with E-state index in [9.17, 15) is 9.59 Å². The molecule has 0 aromatic rings. The minimum atomic E-state index is -0.413. The Kier molecular flexibility index (Phi) is 4.30. The van der Waals surface area contributed by atoms with Gasteiger partial charge in [0, 0.05) is 39.2 Å². The molecule has 0 radical (unpaired) electrons. The molecule has 1 aliphatic heterocycles. The summed E-state index contributed by atoms with van der Waals surface area (Å²) in [6, 6.07) is 0. The van der Waals surface area contributed by atoms with Crippen molar-refractivity contribution in [2.75, 3.05) is 32.9 Å². The molecule has 0 bridgehead atoms. The zero-order valence-electron chi connectivity index (χ0n) is 8.94. The number of ether oxygens (including phenoxy) is 1. The summed E-state index contributed by atoms with van der Waals surface area (Å²) in [5.74, 6) is -0.318. The van der Waals surface area contributed by atoms with E-state index in [1.54, 1.807) is 11.8 Å². The molecule has 0 atom stereocenters. The average molecular weight is 212 g/mol. The van der Waals surface area contributed by atoms with Crippen LogP contribution >= 0.6 is 0 Å². The summed E-state index contributed by atoms with van der Waals surface area (Å²) in [5, 5.41) is 0. The van der Waals surface area contributed by atoms with Crippen molar-refractivity contribution in [3.8, 4) is 0 Å². The van der Waals surface area contributed by atoms with Crippen LogP contribution in [0.1, 0.15) is 6.92 Å². The molecule has 15 heavy (non-hydrogen) atoms. The SMILES string of the molecule is C=CC(=O)OCN1CCN(C(C)=O)CC1. The highest BCUT2D eigenvalue weighted by molar-refractivity contribution is 5.81. The summed E-state index contributed by atoms with van der Waals surface area (Å²) in [6.07, 6.45) is 1.14. The Morgan fingerprint density at radius 1 is 1.33 bits per heavy atom. The Bertz CT molecular complexity index is 257. The van der Waals surface area contributed by atoms with Crippen LogP contribution in [-0.2, 0) is 14.3 Å². The van der Waals surface area contributed by atoms with E-state index in [1.807, 2.05) is 4.90 Å². The fourth-order valence-corrected chi connectivity index (χ4v) is 1.41. The quantitative estimate of drug-likeness (QED) is 0.482. The largest absolute Gasteiger partial charge is 0.446 e. The van der Waals surface area contributed by atoms with Gasteiger partial charge in [-0.05, 0) is 0 Å². The van der Waals surface area contributed by atoms with E-state index in [2.05, 4.69) is 6.58 Å². The third-order valence-electron chi connectivity index (χ3n) is 2.37. The van der Waals surface area contributed by atoms with E-state index in [1.165, 1.54) is 0 Å². The standard InChI is InChI=1S/C10H16N2O3/c1-3-10(14)15-8-11-4-6-12(7-5-11)9(2)13/h3H,1,4-8H2,2H3. The maximum Gasteiger partial charge on any atom is 0.331 e. The van der Waals surface area contributed by atoms with Gasteiger partial charge in [-0.2, -0.15) is 0 Å². The lowest BCUT2D eigenvalue weighted by Gasteiger charge is -2.33. The van der Waals surface area contributed by atoms with Gasteiger partial charge in [0.15, 0.2) is 0 Å². The van der Waals surface area contributed by atoms with Crippen molar-refractivity contribution < 1.29 is 14.3 Å². The Morgan fingerprint density at radius 3 is 2.40 bits per heavy atom. The van der Waals surface area contributed by atoms with Crippen molar-refractivity contribution >= 4 is 11.9 Å². The average Bonchev–Trinajstić information content (AvgIpc) is 2.26. The van der Waals surface area contributed by atoms with Gasteiger partial charge >= 0.3 is 5.97 Å². The summed E-state index contributed by atoms with van der Waals surface area (Å²) in [7, 11) is 0. The zero-order valence-corrected chi connectivity index (χ0v) is 8.94. The molecule has 0 aromatic carbocycles. The molecule has 1 amide bonds. The minimum absolute atomic E-state index is 0.0951. The van der Waals surface area contributed by atoms with Gasteiger partial charge in [-0.1, -0.05) is 6.58 Å². The van der Waals surface area contributed by atoms with Crippen LogP contribution in [0.15, 0.2) is 12.7 Å². The zero-order chi connectivity index (χ0) is 11.3. The van der Waals surface area contributed by atoms with Crippen molar-refractivity contribution in [2.45, 2.75) is 6.92 Å². The molecular weight excluding hydrogens is 196 g/mol. The first-order chi connectivity index (χ1) is 7.13. The summed E-state index contributed by atoms with van der Waals surface area (Å²) < 4.78 is 4.89. The molecule has 0 saturated carbocycles. The van der Waals surface area contributed by atoms with Gasteiger partial charge in [-0.3, -0.25) is 9.69 Å². The van der Waals surface area contributed by atoms with E-state index < -0.39 is 5.97 Å². The molecule has 5 nitrogen and oxygen atoms in total. The van der Waals surface area contributed by atoms with Crippen molar-refractivity contribution in [3.63, 3.8) is 0 Å². The number of nitrogens with zero attached hydrogens (tertiary/aromatic N) is 2. The fourth-order valence-electron chi connectivity index (χ4n) is 1.41. The highest BCUT2D eigenvalue weighted by Crippen LogP contribution is 2.01. The van der Waals surface area contributed by atoms with Gasteiger partial charge in [-0.25, -0.2) is 4.79 Å². The third-order valence-corrected chi connectivity index (χ3v) is 2.37. The molecular formula is C10H16N2O3. The predicted octanol–water partition coefficient (Wildman–Crippen LogP) is -0.163. The van der Waals surface area contributed by atoms with E-state index in [4.69, 9.17) is 4.74 Å². The monoisotopic (exact) mass is 212 g/mol. The van der Waals surface area contributed by atoms with Gasteiger partial charge in [0.05, 0.1) is 0 Å². The Labute approximate surface area is 89.3 Å². The Hall–Kier alpha value is -1.36. The molecule has 1 rings (SSSR count). The normalized spacial score (nSPS) is 17.3. The molecule has 84 valence electrons. The summed E-state index contributed by atoms with van der Waals surface area (Å²) >= 11 is 0. The molecule has 0 aromatic heterocycles. The van der Waals surface area contributed by atoms with Crippen LogP contribution in [0.4, 0.5) is 0 Å². The lowest BCUT2D eigenvalue weighted by atomic mass is 10.3. The second-order valence-electron chi connectivity index (χ2n) is 3.42. The maximum atomic E-state index is 11.0. The summed E-state index contributed by atoms with van der Waals surface area (Å²) in [5.41, 5.74) is 0. The molecule has 0 unspecified atom stereocenters. The molecule has 0 spiro atoms. The van der Waals surface area contributed by atoms with Crippen LogP contribution in [0.25, 0.3) is 0 Å². The number of esters is 1. The second-order valence-corrected chi connectivity index (χ2v) is 3.42. The number of rotatable bonds is 3. The number of piperazine rings is 1. The highest BCUT2D eigenvalue weighted by Gasteiger charge is 2.18. The number of hydrogen-bond acceptors (Lipinski definition) is 4. The van der Waals surface area contributed by atoms with E-state index in [0.717, 1.165) is 19.2 Å². The Morgan fingerprint density at radius 2 is 1.93 bits per heavy atom. The number of carbonyl (C=O) groups is 2. The molecule has 1 aliphatic rings. The molecule has 0 N–H and O–H groups in total. The summed E-state index contributed by atoms with van der Waals surface area (Å²) in [4.78, 5) is 25.6. The van der Waals surface area contributed by atoms with Crippen LogP contribution in [-0.4, -0.2) is 54.6 Å². The maximum absolute atomic E-state index is 11.0. The van der Waals surface area contributed by atoms with Gasteiger partial charge in [0.25, 0.3) is 0 Å². The topological polar surface area (TPSA) is 49.9 Å². The van der Waals surface area contributed by atoms with Crippen molar-refractivity contribution in [1.29, 1.82) is 0 Å². The minimum Gasteiger partial charge on any atom is -0.446 e. The first kappa shape index (κ1) is 11.7. The third kappa shape index (κ3) is 3.71. The number of hydrogen-bond donors (Lipinski definition) is 0. The van der Waals surface area contributed by atoms with Gasteiger partial charge in [0.2, 0.25) is 5.91 Å². The van der Waals surface area contributed by atoms with Crippen LogP contribution in [0.3, 0.4) is 0 Å². The molecule has 1 heterocycles. The molecule has 1 fully saturated rings. The number of amides is 1. The lowest BCUT2D eigenvalue weighted by molar-refractivity contribution is -0.144. The first-order valence-electron chi connectivity index (χ1n) is 4.90. The van der Waals surface area contributed by atoms with Crippen LogP contribution < -0.4 is 0 Å². The van der Waals surface area contributed by atoms with E-state index in [-0.39, 0.29) is 12.6 Å². The van der Waals surface area contributed by atoms with Crippen molar-refractivity contribution in [3.05, 3.63) is 12.7 Å². The van der Waals surface area contributed by atoms with Gasteiger partial charge in [0.1, 0.15) is 6.73 Å². The van der Waals surface area contributed by atoms with Crippen LogP contribution in [0, 0.1) is 0 Å². The Balaban J connectivity index is 2.23. The van der Waals surface area contributed by atoms with Gasteiger partial charge < -0.3 is 9.64 Å². The van der Waals surface area contributed by atoms with Gasteiger partial charge in [-0.15, -0.1) is 0 Å². The molecule has 5 heteroatoms. The van der Waals surface area contributed by atoms with Crippen LogP contribution in [0.2, 0.25) is 0 Å². The number of carbonyl (C=O) groups excluding carboxylic acids is 2.